The number of piperidine rings is 1. The van der Waals surface area contributed by atoms with Crippen LogP contribution in [0.3, 0.4) is 0 Å². The lowest BCUT2D eigenvalue weighted by Crippen LogP contribution is -2.49. The fourth-order valence-corrected chi connectivity index (χ4v) is 5.64. The summed E-state index contributed by atoms with van der Waals surface area (Å²) in [4.78, 5) is 13.7. The van der Waals surface area contributed by atoms with Gasteiger partial charge in [-0.2, -0.15) is 9.29 Å². The predicted molar refractivity (Wildman–Crippen MR) is 119 cm³/mol. The molecule has 0 bridgehead atoms. The van der Waals surface area contributed by atoms with Gasteiger partial charge in [0.05, 0.1) is 14.2 Å². The standard InChI is InChI=1S/C21H29N5O4S/c1-29-17-6-7-18(30-2)19(16-17)31(27,28)26-14-12-24(13-15-26)20-8-9-22-21(23-20)25-10-4-3-5-11-25/h6-9,16H,3-5,10-15H2,1-2H3. The normalized spacial score (nSPS) is 18.1. The van der Waals surface area contributed by atoms with E-state index in [-0.39, 0.29) is 4.90 Å². The van der Waals surface area contributed by atoms with Crippen molar-refractivity contribution in [2.45, 2.75) is 24.2 Å². The van der Waals surface area contributed by atoms with Crippen molar-refractivity contribution in [3.05, 3.63) is 30.5 Å². The Balaban J connectivity index is 1.47. The van der Waals surface area contributed by atoms with Crippen molar-refractivity contribution in [3.63, 3.8) is 0 Å². The van der Waals surface area contributed by atoms with Crippen molar-refractivity contribution in [1.82, 2.24) is 14.3 Å². The molecule has 1 aromatic carbocycles. The minimum atomic E-state index is -3.71. The molecule has 3 heterocycles. The lowest BCUT2D eigenvalue weighted by atomic mass is 10.1. The van der Waals surface area contributed by atoms with E-state index in [0.717, 1.165) is 37.7 Å². The molecule has 10 heteroatoms. The lowest BCUT2D eigenvalue weighted by molar-refractivity contribution is 0.370. The molecular formula is C21H29N5O4S. The highest BCUT2D eigenvalue weighted by atomic mass is 32.2. The Morgan fingerprint density at radius 2 is 1.61 bits per heavy atom. The van der Waals surface area contributed by atoms with E-state index in [4.69, 9.17) is 14.5 Å². The molecule has 2 aliphatic heterocycles. The molecule has 4 rings (SSSR count). The molecule has 2 saturated heterocycles. The topological polar surface area (TPSA) is 88.1 Å². The van der Waals surface area contributed by atoms with Crippen molar-refractivity contribution in [2.75, 3.05) is 63.3 Å². The third-order valence-corrected chi connectivity index (χ3v) is 7.74. The molecule has 2 fully saturated rings. The molecule has 2 aliphatic rings. The fraction of sp³-hybridized carbons (Fsp3) is 0.524. The highest BCUT2D eigenvalue weighted by Gasteiger charge is 2.32. The average molecular weight is 448 g/mol. The van der Waals surface area contributed by atoms with Gasteiger partial charge in [0.15, 0.2) is 0 Å². The van der Waals surface area contributed by atoms with Crippen LogP contribution in [-0.4, -0.2) is 76.2 Å². The second-order valence-corrected chi connectivity index (χ2v) is 9.58. The Hall–Kier alpha value is -2.59. The molecule has 31 heavy (non-hydrogen) atoms. The van der Waals surface area contributed by atoms with Gasteiger partial charge in [0.2, 0.25) is 16.0 Å². The minimum absolute atomic E-state index is 0.122. The zero-order valence-corrected chi connectivity index (χ0v) is 18.8. The van der Waals surface area contributed by atoms with E-state index < -0.39 is 10.0 Å². The molecule has 2 aromatic rings. The molecule has 1 aromatic heterocycles. The van der Waals surface area contributed by atoms with Crippen molar-refractivity contribution >= 4 is 21.8 Å². The van der Waals surface area contributed by atoms with E-state index in [9.17, 15) is 8.42 Å². The van der Waals surface area contributed by atoms with Gasteiger partial charge in [-0.15, -0.1) is 0 Å². The van der Waals surface area contributed by atoms with Crippen LogP contribution in [-0.2, 0) is 10.0 Å². The molecule has 0 atom stereocenters. The molecule has 0 amide bonds. The third kappa shape index (κ3) is 4.54. The number of anilines is 2. The van der Waals surface area contributed by atoms with Crippen LogP contribution < -0.4 is 19.3 Å². The number of ether oxygens (including phenoxy) is 2. The molecule has 0 radical (unpaired) electrons. The van der Waals surface area contributed by atoms with Gasteiger partial charge < -0.3 is 19.3 Å². The largest absolute Gasteiger partial charge is 0.497 e. The van der Waals surface area contributed by atoms with E-state index >= 15 is 0 Å². The van der Waals surface area contributed by atoms with Crippen molar-refractivity contribution < 1.29 is 17.9 Å². The number of sulfonamides is 1. The molecule has 0 aliphatic carbocycles. The summed E-state index contributed by atoms with van der Waals surface area (Å²) in [6.45, 7) is 3.82. The Morgan fingerprint density at radius 3 is 2.29 bits per heavy atom. The van der Waals surface area contributed by atoms with Gasteiger partial charge in [0.1, 0.15) is 22.2 Å². The van der Waals surface area contributed by atoms with Crippen LogP contribution in [0.4, 0.5) is 11.8 Å². The van der Waals surface area contributed by atoms with Gasteiger partial charge in [0, 0.05) is 51.5 Å². The quantitative estimate of drug-likeness (QED) is 0.664. The van der Waals surface area contributed by atoms with Crippen LogP contribution in [0.1, 0.15) is 19.3 Å². The van der Waals surface area contributed by atoms with Crippen LogP contribution in [0.2, 0.25) is 0 Å². The molecule has 0 N–H and O–H groups in total. The van der Waals surface area contributed by atoms with Crippen LogP contribution in [0.5, 0.6) is 11.5 Å². The zero-order valence-electron chi connectivity index (χ0n) is 18.0. The second kappa shape index (κ2) is 9.27. The first-order valence-electron chi connectivity index (χ1n) is 10.6. The van der Waals surface area contributed by atoms with Gasteiger partial charge >= 0.3 is 0 Å². The molecular weight excluding hydrogens is 418 g/mol. The van der Waals surface area contributed by atoms with Gasteiger partial charge in [-0.3, -0.25) is 0 Å². The van der Waals surface area contributed by atoms with Gasteiger partial charge in [0.25, 0.3) is 0 Å². The van der Waals surface area contributed by atoms with E-state index in [1.54, 1.807) is 18.3 Å². The predicted octanol–water partition coefficient (Wildman–Crippen LogP) is 1.99. The summed E-state index contributed by atoms with van der Waals surface area (Å²) in [5, 5.41) is 0. The first-order valence-corrected chi connectivity index (χ1v) is 12.0. The van der Waals surface area contributed by atoms with Crippen LogP contribution in [0.25, 0.3) is 0 Å². The number of benzene rings is 1. The number of piperazine rings is 1. The SMILES string of the molecule is COc1ccc(OC)c(S(=O)(=O)N2CCN(c3ccnc(N4CCCCC4)n3)CC2)c1. The first kappa shape index (κ1) is 21.6. The summed E-state index contributed by atoms with van der Waals surface area (Å²) >= 11 is 0. The molecule has 0 unspecified atom stereocenters. The Labute approximate surface area is 183 Å². The number of hydrogen-bond acceptors (Lipinski definition) is 8. The zero-order chi connectivity index (χ0) is 21.8. The van der Waals surface area contributed by atoms with Crippen LogP contribution in [0.15, 0.2) is 35.4 Å². The molecule has 0 spiro atoms. The summed E-state index contributed by atoms with van der Waals surface area (Å²) in [6.07, 6.45) is 5.37. The summed E-state index contributed by atoms with van der Waals surface area (Å²) in [7, 11) is -0.731. The Bertz CT molecular complexity index is 1000. The number of rotatable bonds is 6. The summed E-state index contributed by atoms with van der Waals surface area (Å²) in [6, 6.07) is 6.70. The van der Waals surface area contributed by atoms with E-state index in [0.29, 0.717) is 37.7 Å². The van der Waals surface area contributed by atoms with Gasteiger partial charge in [-0.05, 0) is 37.5 Å². The van der Waals surface area contributed by atoms with Crippen molar-refractivity contribution in [1.29, 1.82) is 0 Å². The van der Waals surface area contributed by atoms with E-state index in [1.807, 2.05) is 6.07 Å². The Kier molecular flexibility index (Phi) is 6.47. The van der Waals surface area contributed by atoms with Crippen LogP contribution >= 0.6 is 0 Å². The van der Waals surface area contributed by atoms with Gasteiger partial charge in [-0.1, -0.05) is 0 Å². The highest BCUT2D eigenvalue weighted by molar-refractivity contribution is 7.89. The Morgan fingerprint density at radius 1 is 0.871 bits per heavy atom. The monoisotopic (exact) mass is 447 g/mol. The highest BCUT2D eigenvalue weighted by Crippen LogP contribution is 2.31. The number of aromatic nitrogens is 2. The first-order chi connectivity index (χ1) is 15.0. The fourth-order valence-electron chi connectivity index (χ4n) is 4.04. The summed E-state index contributed by atoms with van der Waals surface area (Å²) < 4.78 is 38.5. The number of hydrogen-bond donors (Lipinski definition) is 0. The molecule has 168 valence electrons. The van der Waals surface area contributed by atoms with Crippen LogP contribution in [0, 0.1) is 0 Å². The lowest BCUT2D eigenvalue weighted by Gasteiger charge is -2.35. The summed E-state index contributed by atoms with van der Waals surface area (Å²) in [5.41, 5.74) is 0. The molecule has 9 nitrogen and oxygen atoms in total. The summed E-state index contributed by atoms with van der Waals surface area (Å²) in [5.74, 6) is 2.38. The third-order valence-electron chi connectivity index (χ3n) is 5.82. The minimum Gasteiger partial charge on any atom is -0.497 e. The van der Waals surface area contributed by atoms with E-state index in [1.165, 1.54) is 31.0 Å². The second-order valence-electron chi connectivity index (χ2n) is 7.67. The number of methoxy groups -OCH3 is 2. The maximum absolute atomic E-state index is 13.3. The maximum atomic E-state index is 13.3. The van der Waals surface area contributed by atoms with E-state index in [2.05, 4.69) is 14.8 Å². The molecule has 0 saturated carbocycles. The van der Waals surface area contributed by atoms with Crippen molar-refractivity contribution in [3.8, 4) is 11.5 Å². The maximum Gasteiger partial charge on any atom is 0.247 e. The average Bonchev–Trinajstić information content (AvgIpc) is 2.84. The smallest absolute Gasteiger partial charge is 0.247 e. The number of nitrogens with zero attached hydrogens (tertiary/aromatic N) is 5. The van der Waals surface area contributed by atoms with Crippen molar-refractivity contribution in [2.24, 2.45) is 0 Å². The van der Waals surface area contributed by atoms with Gasteiger partial charge in [-0.25, -0.2) is 13.4 Å².